The molecule has 0 radical (unpaired) electrons. The summed E-state index contributed by atoms with van der Waals surface area (Å²) in [5, 5.41) is 42.3. The number of aliphatic hydroxyl groups is 4. The van der Waals surface area contributed by atoms with Crippen molar-refractivity contribution in [2.45, 2.75) is 55.2 Å². The molecule has 4 aromatic heterocycles. The van der Waals surface area contributed by atoms with Gasteiger partial charge in [0, 0.05) is 0 Å². The van der Waals surface area contributed by atoms with Crippen LogP contribution in [0.25, 0.3) is 22.3 Å². The molecule has 0 aliphatic carbocycles. The molecule has 2 saturated heterocycles. The molecule has 4 aromatic rings. The van der Waals surface area contributed by atoms with Crippen LogP contribution in [-0.4, -0.2) is 119 Å². The highest BCUT2D eigenvalue weighted by Crippen LogP contribution is 2.43. The van der Waals surface area contributed by atoms with Crippen LogP contribution >= 0.6 is 22.4 Å². The average Bonchev–Trinajstić information content (AvgIpc) is 3.83. The predicted molar refractivity (Wildman–Crippen MR) is 177 cm³/mol. The molecule has 0 amide bonds. The van der Waals surface area contributed by atoms with Gasteiger partial charge < -0.3 is 83.6 Å². The molecule has 2 aliphatic rings. The number of aromatic amines is 3. The molecule has 316 valence electrons. The molecule has 2 aliphatic heterocycles. The van der Waals surface area contributed by atoms with Gasteiger partial charge in [-0.1, -0.05) is 16.7 Å². The van der Waals surface area contributed by atoms with Crippen molar-refractivity contribution in [2.75, 3.05) is 37.9 Å². The van der Waals surface area contributed by atoms with Crippen molar-refractivity contribution in [1.29, 1.82) is 0 Å². The number of aliphatic hydroxyl groups excluding tert-OH is 4. The number of hydrogen-bond acceptors (Lipinski definition) is 24. The van der Waals surface area contributed by atoms with Crippen LogP contribution in [0.2, 0.25) is 0 Å². The van der Waals surface area contributed by atoms with Crippen LogP contribution in [0, 0.1) is 0 Å². The second kappa shape index (κ2) is 16.5. The number of hydrogen-bond donors (Lipinski definition) is 9. The Morgan fingerprint density at radius 2 is 1.33 bits per heavy atom. The Balaban J connectivity index is 1.02. The average molecular weight is 891 g/mol. The molecular formula is C24H33N10O19P3S-2. The largest absolute Gasteiger partial charge is 0.812 e. The highest BCUT2D eigenvalue weighted by atomic mass is 32.5. The zero-order chi connectivity index (χ0) is 41.8. The first kappa shape index (κ1) is 43.4. The van der Waals surface area contributed by atoms with E-state index in [-0.39, 0.29) is 34.2 Å². The van der Waals surface area contributed by atoms with Crippen LogP contribution in [0.4, 0.5) is 11.9 Å². The lowest BCUT2D eigenvalue weighted by Gasteiger charge is -2.39. The maximum atomic E-state index is 12.6. The van der Waals surface area contributed by atoms with Gasteiger partial charge >= 0.3 is 11.3 Å². The topological polar surface area (TPSA) is 444 Å². The first-order chi connectivity index (χ1) is 26.5. The van der Waals surface area contributed by atoms with Gasteiger partial charge in [0.1, 0.15) is 42.7 Å². The number of H-pyrrole nitrogens is 3. The summed E-state index contributed by atoms with van der Waals surface area (Å²) in [7, 11) is -9.43. The quantitative estimate of drug-likeness (QED) is 0.0372. The number of aryl methyl sites for hydroxylation is 1. The zero-order valence-electron chi connectivity index (χ0n) is 28.7. The summed E-state index contributed by atoms with van der Waals surface area (Å²) in [6, 6.07) is 0. The van der Waals surface area contributed by atoms with Crippen LogP contribution in [-0.2, 0) is 60.1 Å². The summed E-state index contributed by atoms with van der Waals surface area (Å²) in [5.74, 6) is -0.551. The number of imidazole rings is 2. The van der Waals surface area contributed by atoms with Gasteiger partial charge in [0.15, 0.2) is 12.7 Å². The number of aromatic nitrogens is 8. The fraction of sp³-hybridized carbons (Fsp3) is 0.583. The molecule has 57 heavy (non-hydrogen) atoms. The first-order valence-electron chi connectivity index (χ1n) is 16.0. The lowest BCUT2D eigenvalue weighted by molar-refractivity contribution is -0.746. The van der Waals surface area contributed by atoms with Crippen LogP contribution in [0.5, 0.6) is 0 Å². The van der Waals surface area contributed by atoms with Crippen LogP contribution in [0.1, 0.15) is 12.5 Å². The van der Waals surface area contributed by atoms with Crippen molar-refractivity contribution < 1.29 is 90.4 Å². The van der Waals surface area contributed by atoms with Crippen molar-refractivity contribution in [2.24, 2.45) is 7.05 Å². The molecule has 11 N–H and O–H groups in total. The van der Waals surface area contributed by atoms with Crippen molar-refractivity contribution in [3.05, 3.63) is 33.4 Å². The number of anilines is 2. The van der Waals surface area contributed by atoms with E-state index in [4.69, 9.17) is 30.0 Å². The standard InChI is InChI=1S/C24H35N10O19P3S/c1-32-7-34(18-12(32)20(40)31-24(26)29-18)22-16(38)14(36)10(52-22)5-50-55(43,44)48-3-8(53-56(45,46)57)2-47-54(41,42)49-4-9-13(35)15(37)21(51-9)33-6-27-11-17(33)28-23(25)30-19(11)39/h6-10,13-16,21-22,35-38H,2-5H2,1H3,(H9-,25,26,28,29,30,31,39,40,41,42,43,44,45,46,57)/p-2/t8?,9?,10-,13-,14-,15-,16-,21-,22?/m1/s1. The van der Waals surface area contributed by atoms with E-state index in [2.05, 4.69) is 50.3 Å². The van der Waals surface area contributed by atoms with E-state index in [1.807, 2.05) is 0 Å². The highest BCUT2D eigenvalue weighted by Gasteiger charge is 2.48. The molecule has 5 unspecified atom stereocenters. The van der Waals surface area contributed by atoms with Crippen LogP contribution < -0.4 is 51.3 Å². The van der Waals surface area contributed by atoms with E-state index in [1.54, 1.807) is 0 Å². The Hall–Kier alpha value is -3.19. The minimum Gasteiger partial charge on any atom is -0.812 e. The summed E-state index contributed by atoms with van der Waals surface area (Å²) >= 11 is 4.16. The van der Waals surface area contributed by atoms with E-state index in [9.17, 15) is 58.7 Å². The summed E-state index contributed by atoms with van der Waals surface area (Å²) in [4.78, 5) is 88.1. The fourth-order valence-electron chi connectivity index (χ4n) is 5.88. The maximum absolute atomic E-state index is 12.6. The van der Waals surface area contributed by atoms with Crippen molar-refractivity contribution in [1.82, 2.24) is 29.5 Å². The van der Waals surface area contributed by atoms with Gasteiger partial charge in [-0.15, -0.1) is 11.8 Å². The minimum absolute atomic E-state index is 0.0234. The number of nitrogens with two attached hydrogens (primary N) is 2. The number of phosphoric ester groups is 2. The van der Waals surface area contributed by atoms with Crippen molar-refractivity contribution >= 4 is 68.4 Å². The molecule has 6 heterocycles. The molecule has 11 atom stereocenters. The Morgan fingerprint density at radius 3 is 1.86 bits per heavy atom. The van der Waals surface area contributed by atoms with Crippen molar-refractivity contribution in [3.63, 3.8) is 0 Å². The van der Waals surface area contributed by atoms with E-state index in [0.29, 0.717) is 0 Å². The van der Waals surface area contributed by atoms with Crippen molar-refractivity contribution in [3.8, 4) is 0 Å². The third-order valence-electron chi connectivity index (χ3n) is 8.43. The van der Waals surface area contributed by atoms with E-state index < -0.39 is 115 Å². The Bertz CT molecular complexity index is 2390. The van der Waals surface area contributed by atoms with Crippen LogP contribution in [0.3, 0.4) is 0 Å². The summed E-state index contributed by atoms with van der Waals surface area (Å²) in [6.45, 7) is -9.61. The second-order valence-corrected chi connectivity index (χ2v) is 17.7. The number of fused-ring (bicyclic) bond motifs is 2. The highest BCUT2D eigenvalue weighted by molar-refractivity contribution is 8.05. The molecule has 33 heteroatoms. The zero-order valence-corrected chi connectivity index (χ0v) is 32.2. The number of phosphoric acid groups is 2. The number of rotatable bonds is 16. The molecular weight excluding hydrogens is 857 g/mol. The smallest absolute Gasteiger partial charge is 0.313 e. The number of nitrogens with one attached hydrogen (secondary N) is 3. The third kappa shape index (κ3) is 9.66. The minimum atomic E-state index is -5.45. The Morgan fingerprint density at radius 1 is 0.842 bits per heavy atom. The Labute approximate surface area is 321 Å². The SMILES string of the molecule is Cn1c[n+](C2O[C@H](COP(=O)([O-])OCC(COP(=O)([O-])OCC3O[C@@H]([n+]4c[nH]c5c(=O)[nH]c(N)nc54)[C@H](O)[C@@H]3O)OP([O-])([O-])=S)[C@@H](O)[C@H]2O)c2nc(N)[nH]c(=O)c21. The lowest BCUT2D eigenvalue weighted by Crippen LogP contribution is -2.46. The first-order valence-corrected chi connectivity index (χ1v) is 21.5. The Kier molecular flexibility index (Phi) is 12.5. The van der Waals surface area contributed by atoms with E-state index in [1.165, 1.54) is 28.8 Å². The predicted octanol–water partition coefficient (Wildman–Crippen LogP) is -8.16. The summed E-state index contributed by atoms with van der Waals surface area (Å²) < 4.78 is 63.1. The molecule has 0 bridgehead atoms. The van der Waals surface area contributed by atoms with Gasteiger partial charge in [-0.2, -0.15) is 0 Å². The lowest BCUT2D eigenvalue weighted by atomic mass is 10.1. The number of nitrogens with zero attached hydrogens (tertiary/aromatic N) is 5. The van der Waals surface area contributed by atoms with Gasteiger partial charge in [-0.3, -0.25) is 38.2 Å². The summed E-state index contributed by atoms with van der Waals surface area (Å²) in [5.41, 5.74) is 9.75. The maximum Gasteiger partial charge on any atom is 0.313 e. The molecule has 0 aromatic carbocycles. The van der Waals surface area contributed by atoms with Gasteiger partial charge in [-0.25, -0.2) is 9.13 Å². The normalized spacial score (nSPS) is 28.2. The van der Waals surface area contributed by atoms with Gasteiger partial charge in [0.05, 0.1) is 33.5 Å². The van der Waals surface area contributed by atoms with Gasteiger partial charge in [0.2, 0.25) is 23.5 Å². The molecule has 0 saturated carbocycles. The van der Waals surface area contributed by atoms with Gasteiger partial charge in [0.25, 0.3) is 38.7 Å². The van der Waals surface area contributed by atoms with Gasteiger partial charge in [-0.05, 0) is 0 Å². The molecule has 2 fully saturated rings. The fourth-order valence-corrected chi connectivity index (χ4v) is 8.24. The second-order valence-electron chi connectivity index (χ2n) is 12.4. The van der Waals surface area contributed by atoms with E-state index in [0.717, 1.165) is 4.57 Å². The summed E-state index contributed by atoms with van der Waals surface area (Å²) in [6.07, 6.45) is -12.4. The molecule has 29 nitrogen and oxygen atoms in total. The number of nitrogen functional groups attached to an aromatic ring is 2. The monoisotopic (exact) mass is 890 g/mol. The number of ether oxygens (including phenoxy) is 2. The molecule has 6 rings (SSSR count). The molecule has 0 spiro atoms. The van der Waals surface area contributed by atoms with Crippen LogP contribution in [0.15, 0.2) is 22.2 Å². The third-order valence-corrected chi connectivity index (χ3v) is 11.1. The van der Waals surface area contributed by atoms with E-state index >= 15 is 0 Å².